The van der Waals surface area contributed by atoms with E-state index in [2.05, 4.69) is 4.90 Å². The molecule has 1 saturated carbocycles. The van der Waals surface area contributed by atoms with E-state index in [9.17, 15) is 4.79 Å². The number of carbonyl (C=O) groups is 1. The van der Waals surface area contributed by atoms with E-state index < -0.39 is 0 Å². The van der Waals surface area contributed by atoms with Crippen LogP contribution in [0.2, 0.25) is 0 Å². The summed E-state index contributed by atoms with van der Waals surface area (Å²) < 4.78 is 5.49. The molecular formula is C16H29N3O2. The van der Waals surface area contributed by atoms with Crippen LogP contribution in [0.5, 0.6) is 0 Å². The zero-order valence-corrected chi connectivity index (χ0v) is 13.1. The summed E-state index contributed by atoms with van der Waals surface area (Å²) in [6.45, 7) is 5.29. The Bertz CT molecular complexity index is 355. The summed E-state index contributed by atoms with van der Waals surface area (Å²) in [4.78, 5) is 17.3. The maximum Gasteiger partial charge on any atom is 0.224 e. The third-order valence-corrected chi connectivity index (χ3v) is 5.59. The van der Waals surface area contributed by atoms with Gasteiger partial charge in [-0.15, -0.1) is 0 Å². The first-order valence-corrected chi connectivity index (χ1v) is 8.56. The molecule has 0 bridgehead atoms. The van der Waals surface area contributed by atoms with Crippen molar-refractivity contribution in [1.29, 1.82) is 0 Å². The van der Waals surface area contributed by atoms with Crippen LogP contribution in [0, 0.1) is 0 Å². The normalized spacial score (nSPS) is 28.0. The fourth-order valence-electron chi connectivity index (χ4n) is 4.22. The summed E-state index contributed by atoms with van der Waals surface area (Å²) in [5.41, 5.74) is 6.06. The van der Waals surface area contributed by atoms with Crippen molar-refractivity contribution in [1.82, 2.24) is 9.80 Å². The van der Waals surface area contributed by atoms with Gasteiger partial charge in [0, 0.05) is 44.2 Å². The minimum absolute atomic E-state index is 0.112. The number of hydrogen-bond acceptors (Lipinski definition) is 4. The van der Waals surface area contributed by atoms with Crippen molar-refractivity contribution in [2.75, 3.05) is 39.4 Å². The molecule has 21 heavy (non-hydrogen) atoms. The minimum Gasteiger partial charge on any atom is -0.379 e. The Morgan fingerprint density at radius 1 is 1.10 bits per heavy atom. The summed E-state index contributed by atoms with van der Waals surface area (Å²) in [5.74, 6) is 0.343. The summed E-state index contributed by atoms with van der Waals surface area (Å²) in [6.07, 6.45) is 7.47. The first kappa shape index (κ1) is 15.3. The third kappa shape index (κ3) is 3.41. The molecule has 1 amide bonds. The van der Waals surface area contributed by atoms with Crippen LogP contribution in [-0.4, -0.2) is 66.7 Å². The number of nitrogens with two attached hydrogens (primary N) is 1. The van der Waals surface area contributed by atoms with Gasteiger partial charge in [0.25, 0.3) is 0 Å². The van der Waals surface area contributed by atoms with Crippen LogP contribution in [0.15, 0.2) is 0 Å². The standard InChI is InChI=1S/C16H29N3O2/c17-14-3-7-18(8-4-14)15(20)13-16(5-1-2-6-16)19-9-11-21-12-10-19/h14H,1-13,17H2. The van der Waals surface area contributed by atoms with Crippen LogP contribution in [0.25, 0.3) is 0 Å². The Morgan fingerprint density at radius 2 is 1.71 bits per heavy atom. The molecule has 0 aromatic carbocycles. The van der Waals surface area contributed by atoms with Crippen molar-refractivity contribution in [3.8, 4) is 0 Å². The van der Waals surface area contributed by atoms with Crippen LogP contribution >= 0.6 is 0 Å². The van der Waals surface area contributed by atoms with Crippen molar-refractivity contribution in [2.45, 2.75) is 56.5 Å². The van der Waals surface area contributed by atoms with Crippen molar-refractivity contribution >= 4 is 5.91 Å². The number of rotatable bonds is 3. The first-order chi connectivity index (χ1) is 10.2. The van der Waals surface area contributed by atoms with Gasteiger partial charge in [0.05, 0.1) is 13.2 Å². The van der Waals surface area contributed by atoms with Gasteiger partial charge in [-0.2, -0.15) is 0 Å². The predicted molar refractivity (Wildman–Crippen MR) is 82.0 cm³/mol. The van der Waals surface area contributed by atoms with Gasteiger partial charge in [0.15, 0.2) is 0 Å². The van der Waals surface area contributed by atoms with E-state index in [1.165, 1.54) is 25.7 Å². The van der Waals surface area contributed by atoms with E-state index in [-0.39, 0.29) is 11.6 Å². The van der Waals surface area contributed by atoms with Crippen molar-refractivity contribution < 1.29 is 9.53 Å². The second-order valence-electron chi connectivity index (χ2n) is 6.93. The smallest absolute Gasteiger partial charge is 0.224 e. The van der Waals surface area contributed by atoms with Gasteiger partial charge in [-0.1, -0.05) is 12.8 Å². The van der Waals surface area contributed by atoms with Crippen LogP contribution < -0.4 is 5.73 Å². The molecule has 0 aromatic heterocycles. The minimum atomic E-state index is 0.112. The quantitative estimate of drug-likeness (QED) is 0.843. The van der Waals surface area contributed by atoms with Gasteiger partial charge in [-0.25, -0.2) is 0 Å². The lowest BCUT2D eigenvalue weighted by Crippen LogP contribution is -2.55. The van der Waals surface area contributed by atoms with Gasteiger partial charge < -0.3 is 15.4 Å². The number of hydrogen-bond donors (Lipinski definition) is 1. The van der Waals surface area contributed by atoms with Crippen LogP contribution in [-0.2, 0) is 9.53 Å². The molecule has 2 heterocycles. The molecule has 3 fully saturated rings. The lowest BCUT2D eigenvalue weighted by atomic mass is 9.89. The van der Waals surface area contributed by atoms with Gasteiger partial charge in [0.1, 0.15) is 0 Å². The maximum absolute atomic E-state index is 12.7. The molecule has 1 aliphatic carbocycles. The zero-order valence-electron chi connectivity index (χ0n) is 13.1. The Morgan fingerprint density at radius 3 is 2.33 bits per heavy atom. The number of nitrogens with zero attached hydrogens (tertiary/aromatic N) is 2. The summed E-state index contributed by atoms with van der Waals surface area (Å²) >= 11 is 0. The van der Waals surface area contributed by atoms with Gasteiger partial charge in [-0.3, -0.25) is 9.69 Å². The molecule has 0 atom stereocenters. The summed E-state index contributed by atoms with van der Waals surface area (Å²) in [6, 6.07) is 0.286. The van der Waals surface area contributed by atoms with E-state index in [1.54, 1.807) is 0 Å². The van der Waals surface area contributed by atoms with E-state index in [0.29, 0.717) is 12.3 Å². The van der Waals surface area contributed by atoms with Crippen molar-refractivity contribution in [2.24, 2.45) is 5.73 Å². The number of likely N-dealkylation sites (tertiary alicyclic amines) is 1. The molecular weight excluding hydrogens is 266 g/mol. The molecule has 5 heteroatoms. The molecule has 3 rings (SSSR count). The summed E-state index contributed by atoms with van der Waals surface area (Å²) in [5, 5.41) is 0. The highest BCUT2D eigenvalue weighted by Crippen LogP contribution is 2.39. The number of piperidine rings is 1. The van der Waals surface area contributed by atoms with Crippen molar-refractivity contribution in [3.05, 3.63) is 0 Å². The van der Waals surface area contributed by atoms with Crippen LogP contribution in [0.3, 0.4) is 0 Å². The topological polar surface area (TPSA) is 58.8 Å². The highest BCUT2D eigenvalue weighted by molar-refractivity contribution is 5.77. The van der Waals surface area contributed by atoms with Gasteiger partial charge in [-0.05, 0) is 25.7 Å². The first-order valence-electron chi connectivity index (χ1n) is 8.56. The van der Waals surface area contributed by atoms with Gasteiger partial charge >= 0.3 is 0 Å². The Labute approximate surface area is 127 Å². The highest BCUT2D eigenvalue weighted by atomic mass is 16.5. The molecule has 3 aliphatic rings. The molecule has 0 radical (unpaired) electrons. The molecule has 5 nitrogen and oxygen atoms in total. The van der Waals surface area contributed by atoms with E-state index in [0.717, 1.165) is 52.2 Å². The number of amides is 1. The summed E-state index contributed by atoms with van der Waals surface area (Å²) in [7, 11) is 0. The molecule has 2 aliphatic heterocycles. The maximum atomic E-state index is 12.7. The average Bonchev–Trinajstić information content (AvgIpc) is 2.98. The van der Waals surface area contributed by atoms with Crippen LogP contribution in [0.4, 0.5) is 0 Å². The monoisotopic (exact) mass is 295 g/mol. The van der Waals surface area contributed by atoms with E-state index in [1.807, 2.05) is 4.90 Å². The third-order valence-electron chi connectivity index (χ3n) is 5.59. The van der Waals surface area contributed by atoms with Gasteiger partial charge in [0.2, 0.25) is 5.91 Å². The SMILES string of the molecule is NC1CCN(C(=O)CC2(N3CCOCC3)CCCC2)CC1. The number of ether oxygens (including phenoxy) is 1. The molecule has 0 aromatic rings. The Kier molecular flexibility index (Phi) is 4.82. The van der Waals surface area contributed by atoms with E-state index >= 15 is 0 Å². The van der Waals surface area contributed by atoms with Crippen LogP contribution in [0.1, 0.15) is 44.9 Å². The van der Waals surface area contributed by atoms with Crippen molar-refractivity contribution in [3.63, 3.8) is 0 Å². The Hall–Kier alpha value is -0.650. The molecule has 2 N–H and O–H groups in total. The lowest BCUT2D eigenvalue weighted by molar-refractivity contribution is -0.136. The second-order valence-corrected chi connectivity index (χ2v) is 6.93. The lowest BCUT2D eigenvalue weighted by Gasteiger charge is -2.44. The zero-order chi connectivity index (χ0) is 14.7. The predicted octanol–water partition coefficient (Wildman–Crippen LogP) is 0.971. The molecule has 120 valence electrons. The average molecular weight is 295 g/mol. The Balaban J connectivity index is 1.63. The molecule has 0 spiro atoms. The fraction of sp³-hybridized carbons (Fsp3) is 0.938. The largest absolute Gasteiger partial charge is 0.379 e. The second kappa shape index (κ2) is 6.63. The fourth-order valence-corrected chi connectivity index (χ4v) is 4.22. The number of carbonyl (C=O) groups excluding carboxylic acids is 1. The number of morpholine rings is 1. The highest BCUT2D eigenvalue weighted by Gasteiger charge is 2.42. The molecule has 2 saturated heterocycles. The van der Waals surface area contributed by atoms with E-state index in [4.69, 9.17) is 10.5 Å². The molecule has 0 unspecified atom stereocenters.